The maximum Gasteiger partial charge on any atom is 0.335 e. The van der Waals surface area contributed by atoms with Crippen LogP contribution in [-0.4, -0.2) is 24.8 Å². The van der Waals surface area contributed by atoms with Gasteiger partial charge in [0, 0.05) is 6.61 Å². The van der Waals surface area contributed by atoms with Crippen LogP contribution in [0.2, 0.25) is 0 Å². The fourth-order valence-electron chi connectivity index (χ4n) is 2.19. The van der Waals surface area contributed by atoms with E-state index in [1.807, 2.05) is 0 Å². The first-order valence-electron chi connectivity index (χ1n) is 5.68. The molecular formula is C11H18O3. The summed E-state index contributed by atoms with van der Waals surface area (Å²) in [5.74, 6) is -0.130. The molecule has 0 N–H and O–H groups in total. The minimum atomic E-state index is -0.267. The number of ether oxygens (including phenoxy) is 2. The minimum absolute atomic E-state index is 0.130. The van der Waals surface area contributed by atoms with Crippen LogP contribution in [0.3, 0.4) is 0 Å². The monoisotopic (exact) mass is 198 g/mol. The van der Waals surface area contributed by atoms with Crippen molar-refractivity contribution in [2.45, 2.75) is 57.2 Å². The second kappa shape index (κ2) is 4.78. The molecule has 0 aromatic heterocycles. The molecule has 2 fully saturated rings. The zero-order valence-electron chi connectivity index (χ0n) is 8.54. The first kappa shape index (κ1) is 9.97. The van der Waals surface area contributed by atoms with Gasteiger partial charge in [0.15, 0.2) is 6.10 Å². The Morgan fingerprint density at radius 1 is 1.07 bits per heavy atom. The quantitative estimate of drug-likeness (QED) is 0.637. The zero-order chi connectivity index (χ0) is 9.80. The van der Waals surface area contributed by atoms with Gasteiger partial charge in [-0.05, 0) is 38.5 Å². The first-order chi connectivity index (χ1) is 6.86. The molecule has 1 unspecified atom stereocenters. The van der Waals surface area contributed by atoms with Gasteiger partial charge < -0.3 is 9.47 Å². The molecule has 1 aliphatic carbocycles. The van der Waals surface area contributed by atoms with Gasteiger partial charge in [-0.3, -0.25) is 0 Å². The molecule has 0 aromatic carbocycles. The lowest BCUT2D eigenvalue weighted by Crippen LogP contribution is -2.28. The summed E-state index contributed by atoms with van der Waals surface area (Å²) in [7, 11) is 0. The van der Waals surface area contributed by atoms with E-state index in [0.717, 1.165) is 25.7 Å². The molecule has 1 atom stereocenters. The lowest BCUT2D eigenvalue weighted by Gasteiger charge is -2.23. The highest BCUT2D eigenvalue weighted by atomic mass is 16.6. The number of hydrogen-bond donors (Lipinski definition) is 0. The number of rotatable bonds is 2. The maximum atomic E-state index is 11.6. The van der Waals surface area contributed by atoms with Crippen LogP contribution in [0.1, 0.15) is 44.9 Å². The summed E-state index contributed by atoms with van der Waals surface area (Å²) in [5.41, 5.74) is 0. The Balaban J connectivity index is 1.75. The summed E-state index contributed by atoms with van der Waals surface area (Å²) in [6.07, 6.45) is 7.49. The smallest absolute Gasteiger partial charge is 0.335 e. The van der Waals surface area contributed by atoms with Gasteiger partial charge >= 0.3 is 5.97 Å². The Hall–Kier alpha value is -0.570. The highest BCUT2D eigenvalue weighted by molar-refractivity contribution is 5.75. The van der Waals surface area contributed by atoms with E-state index in [1.54, 1.807) is 0 Å². The van der Waals surface area contributed by atoms with Gasteiger partial charge in [0.2, 0.25) is 0 Å². The fourth-order valence-corrected chi connectivity index (χ4v) is 2.19. The molecule has 3 heteroatoms. The molecule has 1 saturated carbocycles. The SMILES string of the molecule is O=C(OC1CCCCC1)C1CCCO1. The Morgan fingerprint density at radius 3 is 2.50 bits per heavy atom. The minimum Gasteiger partial charge on any atom is -0.460 e. The van der Waals surface area contributed by atoms with E-state index in [1.165, 1.54) is 19.3 Å². The van der Waals surface area contributed by atoms with Gasteiger partial charge in [-0.2, -0.15) is 0 Å². The average Bonchev–Trinajstić information content (AvgIpc) is 2.72. The van der Waals surface area contributed by atoms with Crippen LogP contribution in [0.15, 0.2) is 0 Å². The van der Waals surface area contributed by atoms with Gasteiger partial charge in [-0.1, -0.05) is 6.42 Å². The van der Waals surface area contributed by atoms with Crippen LogP contribution >= 0.6 is 0 Å². The molecule has 1 heterocycles. The molecule has 1 aliphatic heterocycles. The van der Waals surface area contributed by atoms with Crippen LogP contribution in [0.4, 0.5) is 0 Å². The summed E-state index contributed by atoms with van der Waals surface area (Å²) in [5, 5.41) is 0. The van der Waals surface area contributed by atoms with E-state index in [2.05, 4.69) is 0 Å². The molecule has 1 saturated heterocycles. The summed E-state index contributed by atoms with van der Waals surface area (Å²) >= 11 is 0. The van der Waals surface area contributed by atoms with Gasteiger partial charge in [0.25, 0.3) is 0 Å². The lowest BCUT2D eigenvalue weighted by atomic mass is 9.98. The number of carbonyl (C=O) groups is 1. The van der Waals surface area contributed by atoms with Crippen molar-refractivity contribution in [3.05, 3.63) is 0 Å². The van der Waals surface area contributed by atoms with E-state index >= 15 is 0 Å². The Morgan fingerprint density at radius 2 is 1.86 bits per heavy atom. The third-order valence-corrected chi connectivity index (χ3v) is 3.03. The largest absolute Gasteiger partial charge is 0.460 e. The Kier molecular flexibility index (Phi) is 3.40. The van der Waals surface area contributed by atoms with E-state index in [9.17, 15) is 4.79 Å². The molecule has 3 nitrogen and oxygen atoms in total. The van der Waals surface area contributed by atoms with E-state index in [0.29, 0.717) is 6.61 Å². The van der Waals surface area contributed by atoms with E-state index < -0.39 is 0 Å². The summed E-state index contributed by atoms with van der Waals surface area (Å²) in [6.45, 7) is 0.713. The van der Waals surface area contributed by atoms with Crippen molar-refractivity contribution in [2.24, 2.45) is 0 Å². The Labute approximate surface area is 84.8 Å². The molecule has 2 aliphatic rings. The normalized spacial score (nSPS) is 29.0. The van der Waals surface area contributed by atoms with Crippen molar-refractivity contribution < 1.29 is 14.3 Å². The fraction of sp³-hybridized carbons (Fsp3) is 0.909. The van der Waals surface area contributed by atoms with Gasteiger partial charge in [0.1, 0.15) is 6.10 Å². The van der Waals surface area contributed by atoms with E-state index in [4.69, 9.17) is 9.47 Å². The molecule has 80 valence electrons. The van der Waals surface area contributed by atoms with Crippen LogP contribution in [-0.2, 0) is 14.3 Å². The molecular weight excluding hydrogens is 180 g/mol. The molecule has 14 heavy (non-hydrogen) atoms. The topological polar surface area (TPSA) is 35.5 Å². The molecule has 0 bridgehead atoms. The Bertz CT molecular complexity index is 191. The van der Waals surface area contributed by atoms with Gasteiger partial charge in [-0.25, -0.2) is 4.79 Å². The van der Waals surface area contributed by atoms with Crippen LogP contribution in [0.5, 0.6) is 0 Å². The summed E-state index contributed by atoms with van der Waals surface area (Å²) in [4.78, 5) is 11.6. The van der Waals surface area contributed by atoms with Crippen LogP contribution in [0.25, 0.3) is 0 Å². The number of hydrogen-bond acceptors (Lipinski definition) is 3. The van der Waals surface area contributed by atoms with Crippen molar-refractivity contribution in [3.8, 4) is 0 Å². The van der Waals surface area contributed by atoms with Gasteiger partial charge in [0.05, 0.1) is 0 Å². The van der Waals surface area contributed by atoms with E-state index in [-0.39, 0.29) is 18.2 Å². The predicted molar refractivity (Wildman–Crippen MR) is 51.9 cm³/mol. The van der Waals surface area contributed by atoms with Crippen molar-refractivity contribution >= 4 is 5.97 Å². The highest BCUT2D eigenvalue weighted by Crippen LogP contribution is 2.22. The standard InChI is InChI=1S/C11H18O3/c12-11(10-7-4-8-13-10)14-9-5-2-1-3-6-9/h9-10H,1-8H2. The number of esters is 1. The van der Waals surface area contributed by atoms with Crippen molar-refractivity contribution in [3.63, 3.8) is 0 Å². The van der Waals surface area contributed by atoms with Gasteiger partial charge in [-0.15, -0.1) is 0 Å². The summed E-state index contributed by atoms with van der Waals surface area (Å²) < 4.78 is 10.7. The predicted octanol–water partition coefficient (Wildman–Crippen LogP) is 2.04. The highest BCUT2D eigenvalue weighted by Gasteiger charge is 2.27. The molecule has 0 spiro atoms. The number of carbonyl (C=O) groups excluding carboxylic acids is 1. The van der Waals surface area contributed by atoms with Crippen LogP contribution < -0.4 is 0 Å². The third kappa shape index (κ3) is 2.47. The second-order valence-corrected chi connectivity index (χ2v) is 4.20. The average molecular weight is 198 g/mol. The zero-order valence-corrected chi connectivity index (χ0v) is 8.54. The molecule has 2 rings (SSSR count). The molecule has 0 radical (unpaired) electrons. The first-order valence-corrected chi connectivity index (χ1v) is 5.68. The lowest BCUT2D eigenvalue weighted by molar-refractivity contribution is -0.161. The van der Waals surface area contributed by atoms with Crippen molar-refractivity contribution in [1.29, 1.82) is 0 Å². The third-order valence-electron chi connectivity index (χ3n) is 3.03. The van der Waals surface area contributed by atoms with Crippen LogP contribution in [0, 0.1) is 0 Å². The van der Waals surface area contributed by atoms with Crippen molar-refractivity contribution in [1.82, 2.24) is 0 Å². The molecule has 0 amide bonds. The molecule has 0 aromatic rings. The maximum absolute atomic E-state index is 11.6. The van der Waals surface area contributed by atoms with Crippen molar-refractivity contribution in [2.75, 3.05) is 6.61 Å². The second-order valence-electron chi connectivity index (χ2n) is 4.20. The summed E-state index contributed by atoms with van der Waals surface area (Å²) in [6, 6.07) is 0.